The zero-order chi connectivity index (χ0) is 14.2. The quantitative estimate of drug-likeness (QED) is 0.676. The predicted octanol–water partition coefficient (Wildman–Crippen LogP) is 2.09. The van der Waals surface area contributed by atoms with E-state index in [9.17, 15) is 10.1 Å². The molecule has 1 atom stereocenters. The molecule has 0 amide bonds. The number of allylic oxidation sites excluding steroid dienone is 1. The minimum atomic E-state index is -0.438. The van der Waals surface area contributed by atoms with Crippen molar-refractivity contribution in [3.63, 3.8) is 0 Å². The van der Waals surface area contributed by atoms with E-state index in [2.05, 4.69) is 34.6 Å². The van der Waals surface area contributed by atoms with Crippen LogP contribution in [0.1, 0.15) is 24.5 Å². The summed E-state index contributed by atoms with van der Waals surface area (Å²) < 4.78 is 0. The summed E-state index contributed by atoms with van der Waals surface area (Å²) in [5.74, 6) is 0. The molecule has 5 heteroatoms. The molecule has 0 fully saturated rings. The van der Waals surface area contributed by atoms with Gasteiger partial charge in [0.1, 0.15) is 11.9 Å². The van der Waals surface area contributed by atoms with Gasteiger partial charge >= 0.3 is 0 Å². The van der Waals surface area contributed by atoms with Crippen LogP contribution in [0.15, 0.2) is 41.0 Å². The first-order valence-electron chi connectivity index (χ1n) is 6.80. The summed E-state index contributed by atoms with van der Waals surface area (Å²) in [6.07, 6.45) is 5.54. The number of benzene rings is 1. The molecule has 1 aromatic carbocycles. The van der Waals surface area contributed by atoms with Crippen molar-refractivity contribution in [2.45, 2.75) is 37.9 Å². The van der Waals surface area contributed by atoms with E-state index in [0.717, 1.165) is 12.8 Å². The number of hydrogen-bond acceptors (Lipinski definition) is 4. The standard InChI is InChI=1S/C15H17N3O2/c1-15(7-6-14(10-16-15)18(19)20)17-13-8-11-4-2-3-5-12(11)9-13/h2-6,10,13,17H,7-9H2,1H3. The lowest BCUT2D eigenvalue weighted by atomic mass is 10.0. The van der Waals surface area contributed by atoms with Gasteiger partial charge in [-0.05, 0) is 37.0 Å². The topological polar surface area (TPSA) is 67.5 Å². The number of aliphatic imine (C=N–C) groups is 1. The molecular formula is C15H17N3O2. The maximum Gasteiger partial charge on any atom is 0.283 e. The first-order valence-corrected chi connectivity index (χ1v) is 6.80. The molecule has 0 radical (unpaired) electrons. The van der Waals surface area contributed by atoms with Crippen LogP contribution in [-0.4, -0.2) is 22.8 Å². The SMILES string of the molecule is CC1(NC2Cc3ccccc3C2)CC=C([N+](=O)[O-])C=N1. The molecule has 1 N–H and O–H groups in total. The van der Waals surface area contributed by atoms with Crippen LogP contribution in [0, 0.1) is 10.1 Å². The molecular weight excluding hydrogens is 254 g/mol. The summed E-state index contributed by atoms with van der Waals surface area (Å²) in [6.45, 7) is 1.99. The molecule has 1 aromatic rings. The number of fused-ring (bicyclic) bond motifs is 1. The minimum Gasteiger partial charge on any atom is -0.290 e. The predicted molar refractivity (Wildman–Crippen MR) is 77.4 cm³/mol. The van der Waals surface area contributed by atoms with Gasteiger partial charge in [-0.2, -0.15) is 0 Å². The Hall–Kier alpha value is -2.01. The molecule has 1 unspecified atom stereocenters. The highest BCUT2D eigenvalue weighted by atomic mass is 16.6. The van der Waals surface area contributed by atoms with Crippen LogP contribution >= 0.6 is 0 Å². The Labute approximate surface area is 117 Å². The van der Waals surface area contributed by atoms with E-state index in [1.807, 2.05) is 6.92 Å². The summed E-state index contributed by atoms with van der Waals surface area (Å²) in [5.41, 5.74) is 2.41. The smallest absolute Gasteiger partial charge is 0.283 e. The van der Waals surface area contributed by atoms with Gasteiger partial charge in [0.05, 0.1) is 4.92 Å². The van der Waals surface area contributed by atoms with E-state index in [1.54, 1.807) is 6.08 Å². The van der Waals surface area contributed by atoms with E-state index in [-0.39, 0.29) is 5.70 Å². The minimum absolute atomic E-state index is 0.0824. The van der Waals surface area contributed by atoms with Gasteiger partial charge in [0, 0.05) is 12.5 Å². The van der Waals surface area contributed by atoms with Gasteiger partial charge in [-0.15, -0.1) is 0 Å². The van der Waals surface area contributed by atoms with Gasteiger partial charge in [0.15, 0.2) is 0 Å². The molecule has 0 aromatic heterocycles. The normalized spacial score (nSPS) is 25.4. The van der Waals surface area contributed by atoms with E-state index >= 15 is 0 Å². The average molecular weight is 271 g/mol. The highest BCUT2D eigenvalue weighted by molar-refractivity contribution is 5.76. The average Bonchev–Trinajstić information content (AvgIpc) is 2.80. The summed E-state index contributed by atoms with van der Waals surface area (Å²) in [4.78, 5) is 14.6. The third kappa shape index (κ3) is 2.49. The second-order valence-electron chi connectivity index (χ2n) is 5.64. The second kappa shape index (κ2) is 4.83. The molecule has 1 heterocycles. The molecule has 5 nitrogen and oxygen atoms in total. The van der Waals surface area contributed by atoms with E-state index in [4.69, 9.17) is 0 Å². The van der Waals surface area contributed by atoms with Gasteiger partial charge in [0.25, 0.3) is 5.70 Å². The van der Waals surface area contributed by atoms with Crippen LogP contribution in [0.25, 0.3) is 0 Å². The summed E-state index contributed by atoms with van der Waals surface area (Å²) in [7, 11) is 0. The Morgan fingerprint density at radius 3 is 2.50 bits per heavy atom. The maximum absolute atomic E-state index is 10.7. The molecule has 0 saturated heterocycles. The lowest BCUT2D eigenvalue weighted by Gasteiger charge is -2.30. The number of nitro groups is 1. The molecule has 0 spiro atoms. The Morgan fingerprint density at radius 1 is 1.35 bits per heavy atom. The van der Waals surface area contributed by atoms with Crippen LogP contribution in [0.2, 0.25) is 0 Å². The van der Waals surface area contributed by atoms with Gasteiger partial charge in [-0.25, -0.2) is 0 Å². The summed E-state index contributed by atoms with van der Waals surface area (Å²) in [6, 6.07) is 8.80. The Kier molecular flexibility index (Phi) is 3.14. The van der Waals surface area contributed by atoms with Crippen molar-refractivity contribution in [1.29, 1.82) is 0 Å². The lowest BCUT2D eigenvalue weighted by molar-refractivity contribution is -0.414. The third-order valence-corrected chi connectivity index (χ3v) is 3.97. The molecule has 20 heavy (non-hydrogen) atoms. The third-order valence-electron chi connectivity index (χ3n) is 3.97. The maximum atomic E-state index is 10.7. The fourth-order valence-corrected chi connectivity index (χ4v) is 2.94. The molecule has 1 aliphatic heterocycles. The Balaban J connectivity index is 1.66. The first kappa shape index (κ1) is 13.0. The van der Waals surface area contributed by atoms with Crippen LogP contribution in [-0.2, 0) is 12.8 Å². The van der Waals surface area contributed by atoms with Crippen molar-refractivity contribution in [3.8, 4) is 0 Å². The second-order valence-corrected chi connectivity index (χ2v) is 5.64. The fraction of sp³-hybridized carbons (Fsp3) is 0.400. The van der Waals surface area contributed by atoms with Gasteiger partial charge < -0.3 is 0 Å². The largest absolute Gasteiger partial charge is 0.290 e. The zero-order valence-electron chi connectivity index (χ0n) is 11.4. The molecule has 104 valence electrons. The Bertz CT molecular complexity index is 584. The number of nitrogens with one attached hydrogen (secondary N) is 1. The van der Waals surface area contributed by atoms with Crippen molar-refractivity contribution in [2.24, 2.45) is 4.99 Å². The first-order chi connectivity index (χ1) is 9.56. The highest BCUT2D eigenvalue weighted by Crippen LogP contribution is 2.26. The van der Waals surface area contributed by atoms with Crippen molar-refractivity contribution < 1.29 is 4.92 Å². The van der Waals surface area contributed by atoms with Gasteiger partial charge in [0.2, 0.25) is 0 Å². The summed E-state index contributed by atoms with van der Waals surface area (Å²) in [5, 5.41) is 14.2. The van der Waals surface area contributed by atoms with Crippen LogP contribution in [0.5, 0.6) is 0 Å². The summed E-state index contributed by atoms with van der Waals surface area (Å²) >= 11 is 0. The van der Waals surface area contributed by atoms with Crippen LogP contribution < -0.4 is 5.32 Å². The molecule has 1 aliphatic carbocycles. The number of rotatable bonds is 3. The lowest BCUT2D eigenvalue weighted by Crippen LogP contribution is -2.48. The van der Waals surface area contributed by atoms with Crippen molar-refractivity contribution >= 4 is 6.21 Å². The zero-order valence-corrected chi connectivity index (χ0v) is 11.4. The van der Waals surface area contributed by atoms with Crippen molar-refractivity contribution in [3.05, 3.63) is 57.3 Å². The highest BCUT2D eigenvalue weighted by Gasteiger charge is 2.32. The molecule has 0 bridgehead atoms. The van der Waals surface area contributed by atoms with Crippen molar-refractivity contribution in [2.75, 3.05) is 0 Å². The van der Waals surface area contributed by atoms with E-state index in [1.165, 1.54) is 17.3 Å². The van der Waals surface area contributed by atoms with Crippen LogP contribution in [0.3, 0.4) is 0 Å². The number of dihydropyridines is 1. The number of nitrogens with zero attached hydrogens (tertiary/aromatic N) is 2. The fourth-order valence-electron chi connectivity index (χ4n) is 2.94. The van der Waals surface area contributed by atoms with Gasteiger partial charge in [-0.1, -0.05) is 24.3 Å². The molecule has 0 saturated carbocycles. The Morgan fingerprint density at radius 2 is 2.00 bits per heavy atom. The number of hydrogen-bond donors (Lipinski definition) is 1. The molecule has 3 rings (SSSR count). The monoisotopic (exact) mass is 271 g/mol. The van der Waals surface area contributed by atoms with E-state index < -0.39 is 10.6 Å². The van der Waals surface area contributed by atoms with Crippen LogP contribution in [0.4, 0.5) is 0 Å². The van der Waals surface area contributed by atoms with Gasteiger partial charge in [-0.3, -0.25) is 20.4 Å². The molecule has 2 aliphatic rings. The van der Waals surface area contributed by atoms with Crippen molar-refractivity contribution in [1.82, 2.24) is 5.32 Å². The van der Waals surface area contributed by atoms with E-state index in [0.29, 0.717) is 12.5 Å².